The maximum absolute atomic E-state index is 12.5. The van der Waals surface area contributed by atoms with E-state index in [-0.39, 0.29) is 17.3 Å². The molecule has 0 unspecified atom stereocenters. The predicted molar refractivity (Wildman–Crippen MR) is 77.7 cm³/mol. The van der Waals surface area contributed by atoms with Crippen molar-refractivity contribution < 1.29 is 18.8 Å². The zero-order valence-corrected chi connectivity index (χ0v) is 13.3. The molecule has 3 atom stereocenters. The van der Waals surface area contributed by atoms with E-state index in [0.717, 1.165) is 0 Å². The molecule has 2 aliphatic rings. The molecule has 0 spiro atoms. The zero-order chi connectivity index (χ0) is 15.1. The normalized spacial score (nSPS) is 33.2. The third-order valence-electron chi connectivity index (χ3n) is 3.89. The summed E-state index contributed by atoms with van der Waals surface area (Å²) in [7, 11) is -1.96. The van der Waals surface area contributed by atoms with Crippen molar-refractivity contribution in [2.24, 2.45) is 11.3 Å². The SMILES string of the molecule is CC(=O)[C@]12C(=O)C=CC(=O)[C@H]1CC=C[C@H]2O[Si](C)(C)C. The van der Waals surface area contributed by atoms with Crippen LogP contribution in [0.25, 0.3) is 0 Å². The Hall–Kier alpha value is -1.33. The summed E-state index contributed by atoms with van der Waals surface area (Å²) in [5.41, 5.74) is -1.36. The monoisotopic (exact) mass is 292 g/mol. The molecule has 0 heterocycles. The summed E-state index contributed by atoms with van der Waals surface area (Å²) in [6.45, 7) is 7.40. The molecule has 0 saturated heterocycles. The number of hydrogen-bond acceptors (Lipinski definition) is 4. The number of fused-ring (bicyclic) bond motifs is 1. The van der Waals surface area contributed by atoms with Crippen LogP contribution in [0.4, 0.5) is 0 Å². The molecule has 0 fully saturated rings. The summed E-state index contributed by atoms with van der Waals surface area (Å²) >= 11 is 0. The Balaban J connectivity index is 2.57. The fourth-order valence-electron chi connectivity index (χ4n) is 3.07. The highest BCUT2D eigenvalue weighted by Crippen LogP contribution is 2.45. The summed E-state index contributed by atoms with van der Waals surface area (Å²) in [6, 6.07) is 0. The van der Waals surface area contributed by atoms with E-state index in [1.807, 2.05) is 25.7 Å². The van der Waals surface area contributed by atoms with E-state index in [0.29, 0.717) is 6.42 Å². The van der Waals surface area contributed by atoms with Gasteiger partial charge in [-0.2, -0.15) is 0 Å². The van der Waals surface area contributed by atoms with Crippen LogP contribution in [0.2, 0.25) is 19.6 Å². The first kappa shape index (κ1) is 15.1. The second-order valence-corrected chi connectivity index (χ2v) is 10.9. The van der Waals surface area contributed by atoms with Crippen molar-refractivity contribution in [3.8, 4) is 0 Å². The Bertz CT molecular complexity index is 526. The van der Waals surface area contributed by atoms with Crippen molar-refractivity contribution >= 4 is 25.7 Å². The van der Waals surface area contributed by atoms with Crippen molar-refractivity contribution in [3.05, 3.63) is 24.3 Å². The Morgan fingerprint density at radius 1 is 1.30 bits per heavy atom. The predicted octanol–water partition coefficient (Wildman–Crippen LogP) is 2.07. The molecule has 20 heavy (non-hydrogen) atoms. The van der Waals surface area contributed by atoms with Crippen LogP contribution < -0.4 is 0 Å². The molecule has 2 rings (SSSR count). The molecule has 0 amide bonds. The molecule has 0 N–H and O–H groups in total. The summed E-state index contributed by atoms with van der Waals surface area (Å²) in [6.07, 6.45) is 5.94. The van der Waals surface area contributed by atoms with Gasteiger partial charge in [-0.05, 0) is 45.1 Å². The van der Waals surface area contributed by atoms with E-state index in [1.165, 1.54) is 19.1 Å². The molecule has 0 aromatic rings. The van der Waals surface area contributed by atoms with E-state index in [2.05, 4.69) is 0 Å². The largest absolute Gasteiger partial charge is 0.410 e. The van der Waals surface area contributed by atoms with Gasteiger partial charge in [0.1, 0.15) is 11.2 Å². The summed E-state index contributed by atoms with van der Waals surface area (Å²) in [4.78, 5) is 36.9. The van der Waals surface area contributed by atoms with Crippen molar-refractivity contribution in [1.29, 1.82) is 0 Å². The van der Waals surface area contributed by atoms with E-state index in [1.54, 1.807) is 6.08 Å². The van der Waals surface area contributed by atoms with Gasteiger partial charge in [0.25, 0.3) is 0 Å². The van der Waals surface area contributed by atoms with Crippen molar-refractivity contribution in [3.63, 3.8) is 0 Å². The van der Waals surface area contributed by atoms with Crippen LogP contribution in [-0.2, 0) is 18.8 Å². The number of rotatable bonds is 3. The smallest absolute Gasteiger partial charge is 0.184 e. The van der Waals surface area contributed by atoms with Crippen molar-refractivity contribution in [2.75, 3.05) is 0 Å². The first-order valence-corrected chi connectivity index (χ1v) is 10.2. The molecule has 0 aromatic carbocycles. The minimum absolute atomic E-state index is 0.159. The van der Waals surface area contributed by atoms with Crippen LogP contribution >= 0.6 is 0 Å². The number of hydrogen-bond donors (Lipinski definition) is 0. The number of carbonyl (C=O) groups is 3. The molecule has 0 bridgehead atoms. The highest BCUT2D eigenvalue weighted by atomic mass is 28.4. The first-order chi connectivity index (χ1) is 9.19. The Morgan fingerprint density at radius 2 is 1.95 bits per heavy atom. The maximum Gasteiger partial charge on any atom is 0.184 e. The quantitative estimate of drug-likeness (QED) is 0.454. The Kier molecular flexibility index (Phi) is 3.69. The van der Waals surface area contributed by atoms with E-state index < -0.39 is 25.8 Å². The van der Waals surface area contributed by atoms with Crippen LogP contribution in [-0.4, -0.2) is 31.8 Å². The first-order valence-electron chi connectivity index (χ1n) is 6.81. The summed E-state index contributed by atoms with van der Waals surface area (Å²) in [5, 5.41) is 0. The van der Waals surface area contributed by atoms with Crippen molar-refractivity contribution in [1.82, 2.24) is 0 Å². The van der Waals surface area contributed by atoms with Gasteiger partial charge in [0.15, 0.2) is 19.9 Å². The molecule has 0 radical (unpaired) electrons. The lowest BCUT2D eigenvalue weighted by atomic mass is 9.59. The standard InChI is InChI=1S/C15H20O4Si/c1-10(16)15-11(12(17)8-9-13(15)18)6-5-7-14(15)19-20(2,3)4/h5,7-9,11,14H,6H2,1-4H3/t11-,14-,15-/m1/s1. The van der Waals surface area contributed by atoms with Gasteiger partial charge in [-0.25, -0.2) is 0 Å². The molecule has 4 nitrogen and oxygen atoms in total. The average Bonchev–Trinajstić information content (AvgIpc) is 2.31. The molecule has 108 valence electrons. The zero-order valence-electron chi connectivity index (χ0n) is 12.3. The lowest BCUT2D eigenvalue weighted by molar-refractivity contribution is -0.153. The fraction of sp³-hybridized carbons (Fsp3) is 0.533. The third kappa shape index (κ3) is 2.25. The topological polar surface area (TPSA) is 60.4 Å². The van der Waals surface area contributed by atoms with E-state index in [4.69, 9.17) is 4.43 Å². The number of Topliss-reactive ketones (excluding diaryl/α,β-unsaturated/α-hetero) is 1. The molecular weight excluding hydrogens is 272 g/mol. The lowest BCUT2D eigenvalue weighted by Crippen LogP contribution is -2.59. The van der Waals surface area contributed by atoms with Crippen LogP contribution in [0.5, 0.6) is 0 Å². The van der Waals surface area contributed by atoms with Gasteiger partial charge in [0.2, 0.25) is 0 Å². The van der Waals surface area contributed by atoms with Crippen LogP contribution in [0.3, 0.4) is 0 Å². The van der Waals surface area contributed by atoms with Crippen LogP contribution in [0.1, 0.15) is 13.3 Å². The van der Waals surface area contributed by atoms with E-state index in [9.17, 15) is 14.4 Å². The van der Waals surface area contributed by atoms with Gasteiger partial charge >= 0.3 is 0 Å². The highest BCUT2D eigenvalue weighted by molar-refractivity contribution is 6.69. The molecular formula is C15H20O4Si. The number of carbonyl (C=O) groups excluding carboxylic acids is 3. The minimum Gasteiger partial charge on any atom is -0.410 e. The Morgan fingerprint density at radius 3 is 2.50 bits per heavy atom. The fourth-order valence-corrected chi connectivity index (χ4v) is 4.10. The average molecular weight is 292 g/mol. The van der Waals surface area contributed by atoms with E-state index >= 15 is 0 Å². The molecule has 2 aliphatic carbocycles. The lowest BCUT2D eigenvalue weighted by Gasteiger charge is -2.45. The van der Waals surface area contributed by atoms with Gasteiger partial charge in [0.05, 0.1) is 6.10 Å². The second-order valence-electron chi connectivity index (χ2n) is 6.39. The van der Waals surface area contributed by atoms with Gasteiger partial charge in [0, 0.05) is 5.92 Å². The van der Waals surface area contributed by atoms with Gasteiger partial charge in [-0.3, -0.25) is 14.4 Å². The summed E-state index contributed by atoms with van der Waals surface area (Å²) in [5.74, 6) is -1.36. The molecule has 0 saturated carbocycles. The van der Waals surface area contributed by atoms with Gasteiger partial charge in [-0.15, -0.1) is 0 Å². The van der Waals surface area contributed by atoms with Crippen molar-refractivity contribution in [2.45, 2.75) is 39.1 Å². The van der Waals surface area contributed by atoms with Gasteiger partial charge in [-0.1, -0.05) is 12.2 Å². The molecule has 0 aromatic heterocycles. The molecule has 5 heteroatoms. The third-order valence-corrected chi connectivity index (χ3v) is 4.86. The van der Waals surface area contributed by atoms with Gasteiger partial charge < -0.3 is 4.43 Å². The summed E-state index contributed by atoms with van der Waals surface area (Å²) < 4.78 is 6.06. The number of allylic oxidation sites excluding steroid dienone is 3. The highest BCUT2D eigenvalue weighted by Gasteiger charge is 2.59. The number of ketones is 3. The van der Waals surface area contributed by atoms with Crippen LogP contribution in [0.15, 0.2) is 24.3 Å². The second kappa shape index (κ2) is 4.89. The van der Waals surface area contributed by atoms with Crippen LogP contribution in [0, 0.1) is 11.3 Å². The Labute approximate surface area is 120 Å². The minimum atomic E-state index is -1.96. The molecule has 0 aliphatic heterocycles. The maximum atomic E-state index is 12.5.